The van der Waals surface area contributed by atoms with Crippen molar-refractivity contribution < 1.29 is 9.32 Å². The van der Waals surface area contributed by atoms with E-state index in [1.165, 1.54) is 0 Å². The van der Waals surface area contributed by atoms with Crippen molar-refractivity contribution in [2.24, 2.45) is 5.92 Å². The molecule has 0 aromatic carbocycles. The molecule has 7 nitrogen and oxygen atoms in total. The van der Waals surface area contributed by atoms with Gasteiger partial charge in [0.2, 0.25) is 0 Å². The van der Waals surface area contributed by atoms with Gasteiger partial charge in [-0.15, -0.1) is 0 Å². The van der Waals surface area contributed by atoms with Crippen LogP contribution < -0.4 is 5.32 Å². The predicted molar refractivity (Wildman–Crippen MR) is 91.7 cm³/mol. The van der Waals surface area contributed by atoms with E-state index in [4.69, 9.17) is 4.52 Å². The summed E-state index contributed by atoms with van der Waals surface area (Å²) in [6.45, 7) is 11.7. The minimum Gasteiger partial charge on any atom is -0.361 e. The topological polar surface area (TPSA) is 76.2 Å². The third-order valence-electron chi connectivity index (χ3n) is 4.11. The molecule has 0 saturated heterocycles. The van der Waals surface area contributed by atoms with Gasteiger partial charge in [-0.05, 0) is 39.7 Å². The smallest absolute Gasteiger partial charge is 0.317 e. The van der Waals surface area contributed by atoms with Crippen LogP contribution in [0.2, 0.25) is 0 Å². The van der Waals surface area contributed by atoms with Crippen LogP contribution in [0.25, 0.3) is 0 Å². The zero-order valence-electron chi connectivity index (χ0n) is 15.4. The Hall–Kier alpha value is -2.31. The first kappa shape index (κ1) is 18.0. The average molecular weight is 333 g/mol. The SMILES string of the molecule is Cc1cc(C)n(C[C@H](C)CNC(=O)N(C)Cc2c(C)noc2C)n1. The molecular weight excluding hydrogens is 306 g/mol. The maximum Gasteiger partial charge on any atom is 0.317 e. The Morgan fingerprint density at radius 3 is 2.62 bits per heavy atom. The van der Waals surface area contributed by atoms with Gasteiger partial charge >= 0.3 is 6.03 Å². The largest absolute Gasteiger partial charge is 0.361 e. The third-order valence-corrected chi connectivity index (χ3v) is 4.11. The van der Waals surface area contributed by atoms with Gasteiger partial charge in [-0.1, -0.05) is 12.1 Å². The molecule has 132 valence electrons. The minimum absolute atomic E-state index is 0.102. The summed E-state index contributed by atoms with van der Waals surface area (Å²) < 4.78 is 7.12. The van der Waals surface area contributed by atoms with E-state index >= 15 is 0 Å². The summed E-state index contributed by atoms with van der Waals surface area (Å²) in [6.07, 6.45) is 0. The van der Waals surface area contributed by atoms with Gasteiger partial charge < -0.3 is 14.7 Å². The molecule has 0 unspecified atom stereocenters. The highest BCUT2D eigenvalue weighted by Gasteiger charge is 2.16. The lowest BCUT2D eigenvalue weighted by Crippen LogP contribution is -2.39. The zero-order valence-corrected chi connectivity index (χ0v) is 15.4. The Labute approximate surface area is 143 Å². The lowest BCUT2D eigenvalue weighted by Gasteiger charge is -2.20. The first-order valence-electron chi connectivity index (χ1n) is 8.19. The van der Waals surface area contributed by atoms with Crippen LogP contribution in [0.3, 0.4) is 0 Å². The number of carbonyl (C=O) groups is 1. The number of urea groups is 1. The molecule has 0 aliphatic heterocycles. The van der Waals surface area contributed by atoms with Gasteiger partial charge in [-0.3, -0.25) is 4.68 Å². The summed E-state index contributed by atoms with van der Waals surface area (Å²) in [4.78, 5) is 13.9. The molecule has 0 fully saturated rings. The molecule has 1 atom stereocenters. The van der Waals surface area contributed by atoms with Gasteiger partial charge in [0.1, 0.15) is 5.76 Å². The van der Waals surface area contributed by atoms with Gasteiger partial charge in [0.25, 0.3) is 0 Å². The summed E-state index contributed by atoms with van der Waals surface area (Å²) >= 11 is 0. The summed E-state index contributed by atoms with van der Waals surface area (Å²) in [5.74, 6) is 1.05. The van der Waals surface area contributed by atoms with Gasteiger partial charge in [0.15, 0.2) is 0 Å². The van der Waals surface area contributed by atoms with E-state index in [2.05, 4.69) is 28.6 Å². The Bertz CT molecular complexity index is 684. The second-order valence-corrected chi connectivity index (χ2v) is 6.56. The molecule has 0 aliphatic carbocycles. The maximum atomic E-state index is 12.3. The van der Waals surface area contributed by atoms with Crippen LogP contribution in [0.15, 0.2) is 10.6 Å². The summed E-state index contributed by atoms with van der Waals surface area (Å²) in [6, 6.07) is 1.96. The summed E-state index contributed by atoms with van der Waals surface area (Å²) in [7, 11) is 1.77. The molecule has 2 aromatic rings. The van der Waals surface area contributed by atoms with Crippen molar-refractivity contribution in [3.8, 4) is 0 Å². The molecule has 2 aromatic heterocycles. The fourth-order valence-corrected chi connectivity index (χ4v) is 2.65. The van der Waals surface area contributed by atoms with Gasteiger partial charge in [0, 0.05) is 31.4 Å². The second kappa shape index (κ2) is 7.51. The van der Waals surface area contributed by atoms with E-state index in [1.54, 1.807) is 11.9 Å². The van der Waals surface area contributed by atoms with Crippen molar-refractivity contribution in [3.05, 3.63) is 34.5 Å². The van der Waals surface area contributed by atoms with Crippen molar-refractivity contribution >= 4 is 6.03 Å². The van der Waals surface area contributed by atoms with E-state index in [0.29, 0.717) is 19.0 Å². The quantitative estimate of drug-likeness (QED) is 0.881. The van der Waals surface area contributed by atoms with Gasteiger partial charge in [-0.25, -0.2) is 4.79 Å². The number of nitrogens with one attached hydrogen (secondary N) is 1. The number of nitrogens with zero attached hydrogens (tertiary/aromatic N) is 4. The van der Waals surface area contributed by atoms with E-state index in [1.807, 2.05) is 32.4 Å². The minimum atomic E-state index is -0.102. The lowest BCUT2D eigenvalue weighted by molar-refractivity contribution is 0.204. The number of amides is 2. The van der Waals surface area contributed by atoms with Crippen LogP contribution in [0.1, 0.15) is 35.3 Å². The highest BCUT2D eigenvalue weighted by Crippen LogP contribution is 2.14. The zero-order chi connectivity index (χ0) is 17.9. The van der Waals surface area contributed by atoms with Crippen molar-refractivity contribution in [2.75, 3.05) is 13.6 Å². The molecule has 2 rings (SSSR count). The molecule has 0 radical (unpaired) electrons. The van der Waals surface area contributed by atoms with Crippen LogP contribution in [-0.2, 0) is 13.1 Å². The maximum absolute atomic E-state index is 12.3. The van der Waals surface area contributed by atoms with Crippen LogP contribution in [0.4, 0.5) is 4.79 Å². The van der Waals surface area contributed by atoms with E-state index in [-0.39, 0.29) is 6.03 Å². The van der Waals surface area contributed by atoms with Crippen LogP contribution in [0, 0.1) is 33.6 Å². The molecule has 7 heteroatoms. The Kier molecular flexibility index (Phi) is 5.64. The Balaban J connectivity index is 1.82. The van der Waals surface area contributed by atoms with Crippen LogP contribution in [0.5, 0.6) is 0 Å². The predicted octanol–water partition coefficient (Wildman–Crippen LogP) is 2.58. The number of aryl methyl sites for hydroxylation is 4. The van der Waals surface area contributed by atoms with Crippen LogP contribution in [-0.4, -0.2) is 39.5 Å². The Morgan fingerprint density at radius 1 is 1.38 bits per heavy atom. The molecular formula is C17H27N5O2. The van der Waals surface area contributed by atoms with Crippen molar-refractivity contribution in [2.45, 2.75) is 47.7 Å². The third kappa shape index (κ3) is 4.37. The fourth-order valence-electron chi connectivity index (χ4n) is 2.65. The van der Waals surface area contributed by atoms with E-state index in [9.17, 15) is 4.79 Å². The van der Waals surface area contributed by atoms with E-state index < -0.39 is 0 Å². The highest BCUT2D eigenvalue weighted by molar-refractivity contribution is 5.73. The molecule has 0 bridgehead atoms. The standard InChI is InChI=1S/C17H27N5O2/c1-11(9-22-13(3)7-12(2)19-22)8-18-17(23)21(6)10-16-14(4)20-24-15(16)5/h7,11H,8-10H2,1-6H3,(H,18,23)/t11-/m1/s1. The van der Waals surface area contributed by atoms with Gasteiger partial charge in [0.05, 0.1) is 17.9 Å². The molecule has 1 N–H and O–H groups in total. The van der Waals surface area contributed by atoms with Crippen molar-refractivity contribution in [1.29, 1.82) is 0 Å². The first-order valence-corrected chi connectivity index (χ1v) is 8.19. The first-order chi connectivity index (χ1) is 11.3. The van der Waals surface area contributed by atoms with Crippen molar-refractivity contribution in [3.63, 3.8) is 0 Å². The van der Waals surface area contributed by atoms with Gasteiger partial charge in [-0.2, -0.15) is 5.10 Å². The number of aromatic nitrogens is 3. The lowest BCUT2D eigenvalue weighted by atomic mass is 10.2. The number of hydrogen-bond donors (Lipinski definition) is 1. The molecule has 2 amide bonds. The number of rotatable bonds is 6. The van der Waals surface area contributed by atoms with Crippen molar-refractivity contribution in [1.82, 2.24) is 25.2 Å². The molecule has 24 heavy (non-hydrogen) atoms. The van der Waals surface area contributed by atoms with E-state index in [0.717, 1.165) is 35.0 Å². The number of carbonyl (C=O) groups excluding carboxylic acids is 1. The highest BCUT2D eigenvalue weighted by atomic mass is 16.5. The number of hydrogen-bond acceptors (Lipinski definition) is 4. The fraction of sp³-hybridized carbons (Fsp3) is 0.588. The Morgan fingerprint density at radius 2 is 2.08 bits per heavy atom. The monoisotopic (exact) mass is 333 g/mol. The summed E-state index contributed by atoms with van der Waals surface area (Å²) in [5.41, 5.74) is 3.94. The average Bonchev–Trinajstić information content (AvgIpc) is 3.00. The normalized spacial score (nSPS) is 12.2. The summed E-state index contributed by atoms with van der Waals surface area (Å²) in [5, 5.41) is 11.3. The second-order valence-electron chi connectivity index (χ2n) is 6.56. The molecule has 2 heterocycles. The van der Waals surface area contributed by atoms with Crippen LogP contribution >= 0.6 is 0 Å². The molecule has 0 saturated carbocycles. The molecule has 0 aliphatic rings. The molecule has 0 spiro atoms.